The van der Waals surface area contributed by atoms with Crippen LogP contribution in [0.3, 0.4) is 0 Å². The van der Waals surface area contributed by atoms with Gasteiger partial charge in [0.15, 0.2) is 0 Å². The predicted molar refractivity (Wildman–Crippen MR) is 169 cm³/mol. The molecule has 0 bridgehead atoms. The summed E-state index contributed by atoms with van der Waals surface area (Å²) in [4.78, 5) is 25.0. The van der Waals surface area contributed by atoms with Crippen LogP contribution < -0.4 is 10.6 Å². The van der Waals surface area contributed by atoms with Crippen molar-refractivity contribution in [2.75, 3.05) is 31.6 Å². The molecule has 3 aromatic rings. The third kappa shape index (κ3) is 10.6. The minimum atomic E-state index is -4.07. The number of aliphatic hydroxyl groups is 1. The van der Waals surface area contributed by atoms with Gasteiger partial charge in [0.2, 0.25) is 10.0 Å². The molecule has 242 valence electrons. The topological polar surface area (TPSA) is 143 Å². The van der Waals surface area contributed by atoms with Gasteiger partial charge in [0, 0.05) is 25.2 Å². The molecule has 2 amide bonds. The Labute approximate surface area is 264 Å². The lowest BCUT2D eigenvalue weighted by Gasteiger charge is -2.30. The Balaban J connectivity index is 1.44. The lowest BCUT2D eigenvalue weighted by Crippen LogP contribution is -2.51. The minimum absolute atomic E-state index is 0.00763. The van der Waals surface area contributed by atoms with E-state index in [1.807, 2.05) is 74.5 Å². The maximum atomic E-state index is 13.8. The van der Waals surface area contributed by atoms with Crippen molar-refractivity contribution < 1.29 is 37.3 Å². The van der Waals surface area contributed by atoms with Crippen molar-refractivity contribution in [2.45, 2.75) is 56.4 Å². The molecule has 0 aromatic heterocycles. The molecule has 11 nitrogen and oxygen atoms in total. The molecule has 45 heavy (non-hydrogen) atoms. The highest BCUT2D eigenvalue weighted by Gasteiger charge is 2.32. The molecule has 3 aromatic carbocycles. The second kappa shape index (κ2) is 16.4. The van der Waals surface area contributed by atoms with Crippen molar-refractivity contribution in [2.24, 2.45) is 5.92 Å². The van der Waals surface area contributed by atoms with E-state index < -0.39 is 34.4 Å². The van der Waals surface area contributed by atoms with E-state index in [0.717, 1.165) is 11.1 Å². The molecule has 0 spiro atoms. The predicted octanol–water partition coefficient (Wildman–Crippen LogP) is 4.57. The van der Waals surface area contributed by atoms with Gasteiger partial charge in [0.25, 0.3) is 0 Å². The third-order valence-corrected chi connectivity index (χ3v) is 8.98. The highest BCUT2D eigenvalue weighted by atomic mass is 32.2. The standard InChI is InChI=1S/C33H41N3O8S/c1-24(2)20-36(21-31(37)30(19-25-9-5-3-6-10-25)35-33(39)44-28-17-18-42-23-28)45(40,41)29-15-13-27(14-16-29)34-32(38)43-22-26-11-7-4-8-12-26/h3-16,24,28,30-31,37H,17-23H2,1-2H3,(H,34,38)(H,35,39)/t28-,30-,31+/m0/s1. The highest BCUT2D eigenvalue weighted by Crippen LogP contribution is 2.22. The molecule has 1 aliphatic rings. The number of hydrogen-bond donors (Lipinski definition) is 3. The molecule has 12 heteroatoms. The lowest BCUT2D eigenvalue weighted by molar-refractivity contribution is 0.0644. The zero-order chi connectivity index (χ0) is 32.2. The van der Waals surface area contributed by atoms with Crippen LogP contribution in [0.2, 0.25) is 0 Å². The van der Waals surface area contributed by atoms with Crippen molar-refractivity contribution in [1.82, 2.24) is 9.62 Å². The largest absolute Gasteiger partial charge is 0.444 e. The summed E-state index contributed by atoms with van der Waals surface area (Å²) >= 11 is 0. The Kier molecular flexibility index (Phi) is 12.3. The number of rotatable bonds is 14. The second-order valence-electron chi connectivity index (χ2n) is 11.3. The fraction of sp³-hybridized carbons (Fsp3) is 0.394. The summed E-state index contributed by atoms with van der Waals surface area (Å²) in [5, 5.41) is 16.7. The van der Waals surface area contributed by atoms with Crippen molar-refractivity contribution in [3.05, 3.63) is 96.1 Å². The number of nitrogens with zero attached hydrogens (tertiary/aromatic N) is 1. The van der Waals surface area contributed by atoms with Crippen LogP contribution in [0.4, 0.5) is 15.3 Å². The molecular formula is C33H41N3O8S. The summed E-state index contributed by atoms with van der Waals surface area (Å²) in [7, 11) is -4.07. The Bertz CT molecular complexity index is 1460. The van der Waals surface area contributed by atoms with E-state index in [2.05, 4.69) is 10.6 Å². The van der Waals surface area contributed by atoms with Gasteiger partial charge in [-0.2, -0.15) is 4.31 Å². The number of carbonyl (C=O) groups is 2. The number of aliphatic hydroxyl groups excluding tert-OH is 1. The van der Waals surface area contributed by atoms with Crippen LogP contribution in [0.1, 0.15) is 31.4 Å². The van der Waals surface area contributed by atoms with Gasteiger partial charge in [-0.25, -0.2) is 18.0 Å². The number of sulfonamides is 1. The number of hydrogen-bond acceptors (Lipinski definition) is 8. The molecule has 3 atom stereocenters. The van der Waals surface area contributed by atoms with Crippen LogP contribution >= 0.6 is 0 Å². The first-order valence-corrected chi connectivity index (χ1v) is 16.4. The summed E-state index contributed by atoms with van der Waals surface area (Å²) in [6.45, 7) is 4.53. The van der Waals surface area contributed by atoms with Gasteiger partial charge < -0.3 is 24.6 Å². The SMILES string of the molecule is CC(C)CN(C[C@@H](O)[C@H](Cc1ccccc1)NC(=O)O[C@H]1CCOC1)S(=O)(=O)c1ccc(NC(=O)OCc2ccccc2)cc1. The van der Waals surface area contributed by atoms with Crippen LogP contribution in [0.5, 0.6) is 0 Å². The summed E-state index contributed by atoms with van der Waals surface area (Å²) in [6.07, 6.45) is -2.16. The number of amides is 2. The second-order valence-corrected chi connectivity index (χ2v) is 13.3. The van der Waals surface area contributed by atoms with Gasteiger partial charge >= 0.3 is 12.2 Å². The maximum Gasteiger partial charge on any atom is 0.411 e. The first kappa shape index (κ1) is 33.9. The molecule has 0 saturated carbocycles. The van der Waals surface area contributed by atoms with E-state index in [-0.39, 0.29) is 43.0 Å². The van der Waals surface area contributed by atoms with Gasteiger partial charge in [-0.1, -0.05) is 74.5 Å². The van der Waals surface area contributed by atoms with Gasteiger partial charge in [0.1, 0.15) is 12.7 Å². The zero-order valence-electron chi connectivity index (χ0n) is 25.5. The van der Waals surface area contributed by atoms with Crippen molar-refractivity contribution in [3.63, 3.8) is 0 Å². The average molecular weight is 640 g/mol. The summed E-state index contributed by atoms with van der Waals surface area (Å²) < 4.78 is 44.8. The van der Waals surface area contributed by atoms with E-state index >= 15 is 0 Å². The van der Waals surface area contributed by atoms with Gasteiger partial charge in [-0.3, -0.25) is 5.32 Å². The Hall–Kier alpha value is -3.97. The van der Waals surface area contributed by atoms with Gasteiger partial charge in [-0.05, 0) is 47.7 Å². The van der Waals surface area contributed by atoms with Crippen molar-refractivity contribution >= 4 is 27.9 Å². The molecule has 3 N–H and O–H groups in total. The highest BCUT2D eigenvalue weighted by molar-refractivity contribution is 7.89. The monoisotopic (exact) mass is 639 g/mol. The molecule has 1 aliphatic heterocycles. The summed E-state index contributed by atoms with van der Waals surface area (Å²) in [6, 6.07) is 23.4. The number of anilines is 1. The normalized spacial score (nSPS) is 16.2. The maximum absolute atomic E-state index is 13.8. The molecule has 0 unspecified atom stereocenters. The van der Waals surface area contributed by atoms with Crippen molar-refractivity contribution in [1.29, 1.82) is 0 Å². The Morgan fingerprint density at radius 3 is 2.18 bits per heavy atom. The van der Waals surface area contributed by atoms with Crippen molar-refractivity contribution in [3.8, 4) is 0 Å². The number of nitrogens with one attached hydrogen (secondary N) is 2. The quantitative estimate of drug-likeness (QED) is 0.233. The van der Waals surface area contributed by atoms with E-state index in [0.29, 0.717) is 25.3 Å². The third-order valence-electron chi connectivity index (χ3n) is 7.14. The Morgan fingerprint density at radius 2 is 1.58 bits per heavy atom. The van der Waals surface area contributed by atoms with E-state index in [4.69, 9.17) is 14.2 Å². The van der Waals surface area contributed by atoms with Crippen LogP contribution in [0, 0.1) is 5.92 Å². The zero-order valence-corrected chi connectivity index (χ0v) is 26.3. The summed E-state index contributed by atoms with van der Waals surface area (Å²) in [5.41, 5.74) is 2.05. The number of ether oxygens (including phenoxy) is 3. The molecule has 0 radical (unpaired) electrons. The van der Waals surface area contributed by atoms with Crippen LogP contribution in [0.15, 0.2) is 89.8 Å². The number of benzene rings is 3. The minimum Gasteiger partial charge on any atom is -0.444 e. The molecular weight excluding hydrogens is 598 g/mol. The smallest absolute Gasteiger partial charge is 0.411 e. The number of carbonyl (C=O) groups excluding carboxylic acids is 2. The molecule has 1 fully saturated rings. The van der Waals surface area contributed by atoms with Crippen LogP contribution in [-0.2, 0) is 37.3 Å². The van der Waals surface area contributed by atoms with E-state index in [1.165, 1.54) is 28.6 Å². The summed E-state index contributed by atoms with van der Waals surface area (Å²) in [5.74, 6) is -0.0554. The van der Waals surface area contributed by atoms with Crippen LogP contribution in [0.25, 0.3) is 0 Å². The van der Waals surface area contributed by atoms with Gasteiger partial charge in [-0.15, -0.1) is 0 Å². The molecule has 1 heterocycles. The first-order valence-electron chi connectivity index (χ1n) is 14.9. The van der Waals surface area contributed by atoms with Gasteiger partial charge in [0.05, 0.1) is 30.3 Å². The Morgan fingerprint density at radius 1 is 0.933 bits per heavy atom. The van der Waals surface area contributed by atoms with E-state index in [9.17, 15) is 23.1 Å². The average Bonchev–Trinajstić information content (AvgIpc) is 3.53. The first-order chi connectivity index (χ1) is 21.6. The molecule has 1 saturated heterocycles. The molecule has 4 rings (SSSR count). The fourth-order valence-electron chi connectivity index (χ4n) is 4.84. The fourth-order valence-corrected chi connectivity index (χ4v) is 6.47. The lowest BCUT2D eigenvalue weighted by atomic mass is 10.0. The number of alkyl carbamates (subject to hydrolysis) is 1. The van der Waals surface area contributed by atoms with E-state index in [1.54, 1.807) is 0 Å². The molecule has 0 aliphatic carbocycles. The van der Waals surface area contributed by atoms with Crippen LogP contribution in [-0.4, -0.2) is 74.6 Å².